The maximum absolute atomic E-state index is 12.8. The Morgan fingerprint density at radius 2 is 1.77 bits per heavy atom. The van der Waals surface area contributed by atoms with Crippen molar-refractivity contribution >= 4 is 14.3 Å². The lowest BCUT2D eigenvalue weighted by atomic mass is 9.64. The molecule has 0 amide bonds. The number of ether oxygens (including phenoxy) is 1. The summed E-state index contributed by atoms with van der Waals surface area (Å²) in [6.45, 7) is 18.8. The molecule has 3 nitrogen and oxygen atoms in total. The number of rotatable bonds is 3. The minimum atomic E-state index is -1.86. The van der Waals surface area contributed by atoms with Crippen LogP contribution in [0.1, 0.15) is 48.0 Å². The van der Waals surface area contributed by atoms with Crippen LogP contribution in [0.4, 0.5) is 0 Å². The second-order valence-electron chi connectivity index (χ2n) is 11.6. The fourth-order valence-corrected chi connectivity index (χ4v) is 8.73. The van der Waals surface area contributed by atoms with Crippen LogP contribution in [0.15, 0.2) is 12.2 Å². The van der Waals surface area contributed by atoms with Gasteiger partial charge < -0.3 is 9.16 Å². The van der Waals surface area contributed by atoms with Crippen LogP contribution >= 0.6 is 0 Å². The van der Waals surface area contributed by atoms with Gasteiger partial charge in [-0.25, -0.2) is 0 Å². The number of hydrogen-bond donors (Lipinski definition) is 0. The predicted octanol–water partition coefficient (Wildman–Crippen LogP) is 5.03. The van der Waals surface area contributed by atoms with Crippen molar-refractivity contribution in [3.05, 3.63) is 12.2 Å². The maximum atomic E-state index is 12.8. The van der Waals surface area contributed by atoms with Gasteiger partial charge in [0, 0.05) is 6.10 Å². The second-order valence-corrected chi connectivity index (χ2v) is 16.4. The van der Waals surface area contributed by atoms with Gasteiger partial charge in [-0.05, 0) is 58.6 Å². The molecular weight excluding hydrogens is 340 g/mol. The number of carbonyl (C=O) groups excluding carboxylic acids is 1. The van der Waals surface area contributed by atoms with Crippen LogP contribution in [-0.4, -0.2) is 27.5 Å². The third kappa shape index (κ3) is 1.81. The quantitative estimate of drug-likeness (QED) is 0.393. The molecule has 0 N–H and O–H groups in total. The predicted molar refractivity (Wildman–Crippen MR) is 106 cm³/mol. The molecule has 1 spiro atoms. The molecule has 3 fully saturated rings. The van der Waals surface area contributed by atoms with Crippen LogP contribution in [0.2, 0.25) is 18.1 Å². The molecule has 3 saturated carbocycles. The van der Waals surface area contributed by atoms with E-state index >= 15 is 0 Å². The summed E-state index contributed by atoms with van der Waals surface area (Å²) in [5.41, 5.74) is 0.384. The molecule has 0 aliphatic heterocycles. The molecule has 0 radical (unpaired) electrons. The summed E-state index contributed by atoms with van der Waals surface area (Å²) in [5.74, 6) is 1.33. The maximum Gasteiger partial charge on any atom is 0.309 e. The first kappa shape index (κ1) is 18.7. The molecule has 4 rings (SSSR count). The average Bonchev–Trinajstić information content (AvgIpc) is 2.74. The first-order valence-corrected chi connectivity index (χ1v) is 13.1. The van der Waals surface area contributed by atoms with Crippen molar-refractivity contribution < 1.29 is 14.0 Å². The molecule has 0 saturated heterocycles. The molecule has 4 aliphatic rings. The first-order chi connectivity index (χ1) is 11.8. The highest BCUT2D eigenvalue weighted by molar-refractivity contribution is 6.74. The SMILES string of the molecule is COC(=O)[C@H]1[C@H]2C=C[C@H]3[C@]1(C)CC(O[Si](C)(C)C(C)(C)C)C1C(C)(C)[C@]123. The number of hydrogen-bond acceptors (Lipinski definition) is 3. The van der Waals surface area contributed by atoms with E-state index in [9.17, 15) is 4.79 Å². The minimum Gasteiger partial charge on any atom is -0.469 e. The van der Waals surface area contributed by atoms with E-state index in [2.05, 4.69) is 66.8 Å². The van der Waals surface area contributed by atoms with Crippen LogP contribution in [0, 0.1) is 39.9 Å². The van der Waals surface area contributed by atoms with Crippen molar-refractivity contribution in [2.45, 2.75) is 72.2 Å². The number of carbonyl (C=O) groups is 1. The van der Waals surface area contributed by atoms with E-state index in [0.29, 0.717) is 17.8 Å². The normalized spacial score (nSPS) is 47.7. The molecular formula is C22H36O3Si. The van der Waals surface area contributed by atoms with Gasteiger partial charge in [-0.3, -0.25) is 4.79 Å². The Bertz CT molecular complexity index is 688. The van der Waals surface area contributed by atoms with Crippen molar-refractivity contribution in [3.8, 4) is 0 Å². The van der Waals surface area contributed by atoms with E-state index in [-0.39, 0.29) is 39.3 Å². The van der Waals surface area contributed by atoms with Crippen molar-refractivity contribution in [2.75, 3.05) is 7.11 Å². The Balaban J connectivity index is 1.76. The molecule has 26 heavy (non-hydrogen) atoms. The lowest BCUT2D eigenvalue weighted by Crippen LogP contribution is -2.49. The van der Waals surface area contributed by atoms with Crippen molar-refractivity contribution in [2.24, 2.45) is 39.9 Å². The summed E-state index contributed by atoms with van der Waals surface area (Å²) < 4.78 is 12.3. The number of esters is 1. The molecule has 4 bridgehead atoms. The molecule has 4 aliphatic carbocycles. The summed E-state index contributed by atoms with van der Waals surface area (Å²) in [6, 6.07) is 0. The van der Waals surface area contributed by atoms with Crippen molar-refractivity contribution in [1.29, 1.82) is 0 Å². The third-order valence-electron chi connectivity index (χ3n) is 9.40. The Hall–Kier alpha value is -0.613. The molecule has 0 heterocycles. The van der Waals surface area contributed by atoms with Gasteiger partial charge in [-0.15, -0.1) is 0 Å². The fourth-order valence-electron chi connectivity index (χ4n) is 7.40. The highest BCUT2D eigenvalue weighted by atomic mass is 28.4. The van der Waals surface area contributed by atoms with E-state index in [0.717, 1.165) is 6.42 Å². The van der Waals surface area contributed by atoms with Gasteiger partial charge in [0.15, 0.2) is 8.32 Å². The molecule has 2 unspecified atom stereocenters. The van der Waals surface area contributed by atoms with Crippen LogP contribution in [-0.2, 0) is 14.0 Å². The molecule has 7 atom stereocenters. The highest BCUT2D eigenvalue weighted by Crippen LogP contribution is 2.90. The van der Waals surface area contributed by atoms with Gasteiger partial charge in [0.05, 0.1) is 13.0 Å². The van der Waals surface area contributed by atoms with Gasteiger partial charge in [-0.2, -0.15) is 0 Å². The lowest BCUT2D eigenvalue weighted by molar-refractivity contribution is -0.151. The smallest absolute Gasteiger partial charge is 0.309 e. The van der Waals surface area contributed by atoms with Crippen molar-refractivity contribution in [3.63, 3.8) is 0 Å². The summed E-state index contributed by atoms with van der Waals surface area (Å²) in [5, 5.41) is 0.204. The topological polar surface area (TPSA) is 35.5 Å². The van der Waals surface area contributed by atoms with E-state index in [4.69, 9.17) is 9.16 Å². The Kier molecular flexibility index (Phi) is 3.50. The Labute approximate surface area is 160 Å². The van der Waals surface area contributed by atoms with Crippen LogP contribution in [0.3, 0.4) is 0 Å². The third-order valence-corrected chi connectivity index (χ3v) is 13.9. The van der Waals surface area contributed by atoms with Gasteiger partial charge in [0.2, 0.25) is 0 Å². The van der Waals surface area contributed by atoms with Gasteiger partial charge in [0.1, 0.15) is 0 Å². The Morgan fingerprint density at radius 1 is 1.15 bits per heavy atom. The minimum absolute atomic E-state index is 0.0141. The molecule has 4 heteroatoms. The van der Waals surface area contributed by atoms with E-state index in [1.54, 1.807) is 7.11 Å². The van der Waals surface area contributed by atoms with E-state index in [1.807, 2.05) is 0 Å². The van der Waals surface area contributed by atoms with Crippen LogP contribution in [0.25, 0.3) is 0 Å². The zero-order valence-corrected chi connectivity index (χ0v) is 19.0. The van der Waals surface area contributed by atoms with Gasteiger partial charge in [-0.1, -0.05) is 53.7 Å². The number of allylic oxidation sites excluding steroid dienone is 2. The zero-order valence-electron chi connectivity index (χ0n) is 18.0. The monoisotopic (exact) mass is 376 g/mol. The molecule has 0 aromatic carbocycles. The second kappa shape index (κ2) is 4.86. The Morgan fingerprint density at radius 3 is 2.31 bits per heavy atom. The average molecular weight is 377 g/mol. The lowest BCUT2D eigenvalue weighted by Gasteiger charge is -2.46. The summed E-state index contributed by atoms with van der Waals surface area (Å²) in [6.07, 6.45) is 6.02. The number of methoxy groups -OCH3 is 1. The molecule has 0 aromatic heterocycles. The van der Waals surface area contributed by atoms with Gasteiger partial charge >= 0.3 is 5.97 Å². The fraction of sp³-hybridized carbons (Fsp3) is 0.864. The van der Waals surface area contributed by atoms with E-state index in [1.165, 1.54) is 0 Å². The molecule has 146 valence electrons. The van der Waals surface area contributed by atoms with Crippen LogP contribution in [0.5, 0.6) is 0 Å². The van der Waals surface area contributed by atoms with E-state index < -0.39 is 8.32 Å². The molecule has 0 aromatic rings. The summed E-state index contributed by atoms with van der Waals surface area (Å²) in [4.78, 5) is 12.8. The van der Waals surface area contributed by atoms with Gasteiger partial charge in [0.25, 0.3) is 0 Å². The standard InChI is InChI=1S/C22H36O3Si/c1-19(2,3)26(8,9)25-14-12-21(6)15-11-10-13(16(21)18(23)24-7)22(15)17(14)20(22,4)5/h10-11,13-17H,12H2,1-9H3/t13-,14?,15+,16-,17?,21+,22-/m1/s1. The van der Waals surface area contributed by atoms with Crippen molar-refractivity contribution in [1.82, 2.24) is 0 Å². The largest absolute Gasteiger partial charge is 0.469 e. The summed E-state index contributed by atoms with van der Waals surface area (Å²) in [7, 11) is -0.312. The highest BCUT2D eigenvalue weighted by Gasteiger charge is 2.89. The zero-order chi connectivity index (χ0) is 19.5. The summed E-state index contributed by atoms with van der Waals surface area (Å²) >= 11 is 0. The first-order valence-electron chi connectivity index (χ1n) is 10.2. The van der Waals surface area contributed by atoms with Crippen LogP contribution < -0.4 is 0 Å².